The fourth-order valence-electron chi connectivity index (χ4n) is 1.29. The number of hydrogen-bond donors (Lipinski definition) is 1. The second-order valence-electron chi connectivity index (χ2n) is 4.47. The molecule has 2 N–H and O–H groups in total. The van der Waals surface area contributed by atoms with Gasteiger partial charge in [-0.15, -0.1) is 0 Å². The van der Waals surface area contributed by atoms with Gasteiger partial charge in [0.2, 0.25) is 0 Å². The molecule has 0 bridgehead atoms. The van der Waals surface area contributed by atoms with E-state index in [1.807, 2.05) is 18.2 Å². The topological polar surface area (TPSA) is 26.0 Å². The Bertz CT molecular complexity index is 305. The van der Waals surface area contributed by atoms with Crippen LogP contribution in [0.3, 0.4) is 0 Å². The van der Waals surface area contributed by atoms with Crippen molar-refractivity contribution in [1.29, 1.82) is 0 Å². The van der Waals surface area contributed by atoms with Crippen LogP contribution >= 0.6 is 11.6 Å². The lowest BCUT2D eigenvalue weighted by Gasteiger charge is -2.29. The van der Waals surface area contributed by atoms with E-state index in [1.54, 1.807) is 0 Å². The smallest absolute Gasteiger partial charge is 0.0408 e. The van der Waals surface area contributed by atoms with Gasteiger partial charge < -0.3 is 5.73 Å². The molecule has 0 aromatic heterocycles. The number of hydrogen-bond acceptors (Lipinski definition) is 1. The zero-order valence-corrected chi connectivity index (χ0v) is 9.81. The molecule has 1 unspecified atom stereocenters. The summed E-state index contributed by atoms with van der Waals surface area (Å²) in [6.45, 7) is 6.37. The predicted molar refractivity (Wildman–Crippen MR) is 62.6 cm³/mol. The summed E-state index contributed by atoms with van der Waals surface area (Å²) in [6, 6.07) is 7.90. The van der Waals surface area contributed by atoms with Crippen LogP contribution in [0.2, 0.25) is 5.02 Å². The van der Waals surface area contributed by atoms with Gasteiger partial charge in [-0.05, 0) is 37.0 Å². The Labute approximate surface area is 91.3 Å². The van der Waals surface area contributed by atoms with Gasteiger partial charge in [0.25, 0.3) is 0 Å². The molecule has 0 fully saturated rings. The van der Waals surface area contributed by atoms with E-state index in [0.717, 1.165) is 11.4 Å². The Morgan fingerprint density at radius 3 is 2.57 bits per heavy atom. The predicted octanol–water partition coefficient (Wildman–Crippen LogP) is 3.26. The summed E-state index contributed by atoms with van der Waals surface area (Å²) in [4.78, 5) is 0. The van der Waals surface area contributed by atoms with Gasteiger partial charge in [0, 0.05) is 10.6 Å². The Kier molecular flexibility index (Phi) is 3.57. The Morgan fingerprint density at radius 1 is 1.43 bits per heavy atom. The van der Waals surface area contributed by atoms with Gasteiger partial charge in [0.1, 0.15) is 0 Å². The Balaban J connectivity index is 2.78. The third-order valence-corrected chi connectivity index (χ3v) is 3.03. The average Bonchev–Trinajstić information content (AvgIpc) is 2.02. The van der Waals surface area contributed by atoms with E-state index < -0.39 is 0 Å². The average molecular weight is 212 g/mol. The van der Waals surface area contributed by atoms with Crippen LogP contribution in [-0.2, 0) is 6.42 Å². The van der Waals surface area contributed by atoms with Crippen LogP contribution in [0.4, 0.5) is 0 Å². The van der Waals surface area contributed by atoms with Crippen LogP contribution in [-0.4, -0.2) is 5.54 Å². The number of halogens is 1. The summed E-state index contributed by atoms with van der Waals surface area (Å²) in [5, 5.41) is 0.780. The van der Waals surface area contributed by atoms with Crippen molar-refractivity contribution < 1.29 is 0 Å². The van der Waals surface area contributed by atoms with E-state index in [9.17, 15) is 0 Å². The standard InChI is InChI=1S/C12H18ClN/c1-9(2)12(3,14)8-10-5-4-6-11(13)7-10/h4-7,9H,8,14H2,1-3H3. The van der Waals surface area contributed by atoms with E-state index in [4.69, 9.17) is 17.3 Å². The van der Waals surface area contributed by atoms with Gasteiger partial charge in [-0.1, -0.05) is 37.6 Å². The highest BCUT2D eigenvalue weighted by molar-refractivity contribution is 6.30. The second kappa shape index (κ2) is 4.33. The highest BCUT2D eigenvalue weighted by Gasteiger charge is 2.23. The second-order valence-corrected chi connectivity index (χ2v) is 4.90. The fourth-order valence-corrected chi connectivity index (χ4v) is 1.50. The van der Waals surface area contributed by atoms with E-state index in [0.29, 0.717) is 5.92 Å². The molecule has 1 aromatic rings. The van der Waals surface area contributed by atoms with Crippen molar-refractivity contribution in [3.8, 4) is 0 Å². The lowest BCUT2D eigenvalue weighted by atomic mass is 9.84. The highest BCUT2D eigenvalue weighted by Crippen LogP contribution is 2.20. The molecule has 0 aliphatic carbocycles. The molecule has 0 saturated carbocycles. The van der Waals surface area contributed by atoms with Gasteiger partial charge in [-0.2, -0.15) is 0 Å². The van der Waals surface area contributed by atoms with Crippen LogP contribution < -0.4 is 5.73 Å². The summed E-state index contributed by atoms with van der Waals surface area (Å²) in [5.41, 5.74) is 7.24. The van der Waals surface area contributed by atoms with Gasteiger partial charge in [-0.3, -0.25) is 0 Å². The van der Waals surface area contributed by atoms with Crippen molar-refractivity contribution >= 4 is 11.6 Å². The van der Waals surface area contributed by atoms with Crippen molar-refractivity contribution in [2.24, 2.45) is 11.7 Å². The summed E-state index contributed by atoms with van der Waals surface area (Å²) in [7, 11) is 0. The Hall–Kier alpha value is -0.530. The van der Waals surface area contributed by atoms with Crippen LogP contribution in [0.25, 0.3) is 0 Å². The molecule has 1 aromatic carbocycles. The quantitative estimate of drug-likeness (QED) is 0.816. The van der Waals surface area contributed by atoms with Crippen LogP contribution in [0.1, 0.15) is 26.3 Å². The maximum atomic E-state index is 6.20. The maximum Gasteiger partial charge on any atom is 0.0408 e. The molecule has 0 radical (unpaired) electrons. The van der Waals surface area contributed by atoms with Crippen LogP contribution in [0, 0.1) is 5.92 Å². The minimum atomic E-state index is -0.162. The minimum absolute atomic E-state index is 0.162. The van der Waals surface area contributed by atoms with Crippen molar-refractivity contribution in [3.05, 3.63) is 34.9 Å². The maximum absolute atomic E-state index is 6.20. The third kappa shape index (κ3) is 3.00. The van der Waals surface area contributed by atoms with Gasteiger partial charge in [0.15, 0.2) is 0 Å². The van der Waals surface area contributed by atoms with Crippen LogP contribution in [0.5, 0.6) is 0 Å². The van der Waals surface area contributed by atoms with Crippen molar-refractivity contribution in [2.45, 2.75) is 32.7 Å². The first kappa shape index (κ1) is 11.5. The lowest BCUT2D eigenvalue weighted by Crippen LogP contribution is -2.43. The van der Waals surface area contributed by atoms with Crippen molar-refractivity contribution in [2.75, 3.05) is 0 Å². The third-order valence-electron chi connectivity index (χ3n) is 2.79. The fraction of sp³-hybridized carbons (Fsp3) is 0.500. The molecular weight excluding hydrogens is 194 g/mol. The molecule has 2 heteroatoms. The zero-order chi connectivity index (χ0) is 10.8. The number of nitrogens with two attached hydrogens (primary N) is 1. The van der Waals surface area contributed by atoms with Crippen molar-refractivity contribution in [3.63, 3.8) is 0 Å². The van der Waals surface area contributed by atoms with Crippen LogP contribution in [0.15, 0.2) is 24.3 Å². The zero-order valence-electron chi connectivity index (χ0n) is 9.05. The molecule has 0 saturated heterocycles. The molecule has 0 heterocycles. The lowest BCUT2D eigenvalue weighted by molar-refractivity contribution is 0.338. The van der Waals surface area contributed by atoms with Gasteiger partial charge >= 0.3 is 0 Å². The highest BCUT2D eigenvalue weighted by atomic mass is 35.5. The molecule has 0 spiro atoms. The van der Waals surface area contributed by atoms with E-state index >= 15 is 0 Å². The number of benzene rings is 1. The first-order valence-corrected chi connectivity index (χ1v) is 5.33. The summed E-state index contributed by atoms with van der Waals surface area (Å²) in [5.74, 6) is 0.460. The molecule has 0 aliphatic heterocycles. The Morgan fingerprint density at radius 2 is 2.07 bits per heavy atom. The monoisotopic (exact) mass is 211 g/mol. The van der Waals surface area contributed by atoms with E-state index in [1.165, 1.54) is 5.56 Å². The first-order chi connectivity index (χ1) is 6.42. The molecule has 14 heavy (non-hydrogen) atoms. The van der Waals surface area contributed by atoms with Gasteiger partial charge in [-0.25, -0.2) is 0 Å². The molecule has 0 amide bonds. The normalized spacial score (nSPS) is 15.6. The van der Waals surface area contributed by atoms with E-state index in [-0.39, 0.29) is 5.54 Å². The molecule has 1 rings (SSSR count). The summed E-state index contributed by atoms with van der Waals surface area (Å²) >= 11 is 5.91. The first-order valence-electron chi connectivity index (χ1n) is 4.95. The number of rotatable bonds is 3. The van der Waals surface area contributed by atoms with Crippen molar-refractivity contribution in [1.82, 2.24) is 0 Å². The minimum Gasteiger partial charge on any atom is -0.325 e. The summed E-state index contributed by atoms with van der Waals surface area (Å²) < 4.78 is 0. The molecule has 1 atom stereocenters. The molecule has 0 aliphatic rings. The molecular formula is C12H18ClN. The molecule has 78 valence electrons. The summed E-state index contributed by atoms with van der Waals surface area (Å²) in [6.07, 6.45) is 0.866. The molecule has 1 nitrogen and oxygen atoms in total. The van der Waals surface area contributed by atoms with E-state index in [2.05, 4.69) is 26.8 Å². The van der Waals surface area contributed by atoms with Gasteiger partial charge in [0.05, 0.1) is 0 Å². The SMILES string of the molecule is CC(C)C(C)(N)Cc1cccc(Cl)c1. The largest absolute Gasteiger partial charge is 0.325 e.